The average molecular weight is 259 g/mol. The zero-order valence-electron chi connectivity index (χ0n) is 11.6. The summed E-state index contributed by atoms with van der Waals surface area (Å²) >= 11 is 0. The molecule has 0 bridgehead atoms. The van der Waals surface area contributed by atoms with Crippen LogP contribution in [0, 0.1) is 0 Å². The van der Waals surface area contributed by atoms with Crippen molar-refractivity contribution in [3.63, 3.8) is 0 Å². The summed E-state index contributed by atoms with van der Waals surface area (Å²) in [6.07, 6.45) is 9.80. The number of aliphatic carboxylic acids is 1. The van der Waals surface area contributed by atoms with E-state index in [9.17, 15) is 4.79 Å². The van der Waals surface area contributed by atoms with Crippen molar-refractivity contribution in [2.75, 3.05) is 6.54 Å². The van der Waals surface area contributed by atoms with Crippen molar-refractivity contribution in [3.05, 3.63) is 12.7 Å². The molecule has 0 heterocycles. The molecule has 1 atom stereocenters. The van der Waals surface area contributed by atoms with Gasteiger partial charge < -0.3 is 15.9 Å². The van der Waals surface area contributed by atoms with Gasteiger partial charge in [0.2, 0.25) is 0 Å². The summed E-state index contributed by atoms with van der Waals surface area (Å²) < 4.78 is 0. The van der Waals surface area contributed by atoms with E-state index in [2.05, 4.69) is 6.58 Å². The Hall–Kier alpha value is -0.870. The van der Waals surface area contributed by atoms with Gasteiger partial charge >= 0.3 is 5.97 Å². The summed E-state index contributed by atoms with van der Waals surface area (Å²) in [7, 11) is 0. The van der Waals surface area contributed by atoms with Gasteiger partial charge in [-0.15, -0.1) is 6.58 Å². The number of allylic oxidation sites excluding steroid dienone is 1. The molecule has 0 aliphatic heterocycles. The predicted octanol–water partition coefficient (Wildman–Crippen LogP) is 2.70. The molecule has 4 nitrogen and oxygen atoms in total. The lowest BCUT2D eigenvalue weighted by Gasteiger charge is -1.98. The Bertz CT molecular complexity index is 193. The van der Waals surface area contributed by atoms with E-state index in [0.717, 1.165) is 19.3 Å². The molecule has 0 saturated carbocycles. The van der Waals surface area contributed by atoms with Crippen LogP contribution >= 0.6 is 0 Å². The maximum absolute atomic E-state index is 10.2. The van der Waals surface area contributed by atoms with Crippen molar-refractivity contribution in [1.82, 2.24) is 0 Å². The highest BCUT2D eigenvalue weighted by Crippen LogP contribution is 2.08. The molecule has 0 aliphatic rings. The van der Waals surface area contributed by atoms with Gasteiger partial charge in [0.05, 0.1) is 6.10 Å². The number of hydrogen-bond donors (Lipinski definition) is 3. The van der Waals surface area contributed by atoms with Gasteiger partial charge in [0.1, 0.15) is 0 Å². The summed E-state index contributed by atoms with van der Waals surface area (Å²) in [6, 6.07) is 0. The van der Waals surface area contributed by atoms with Crippen molar-refractivity contribution in [3.8, 4) is 0 Å². The Labute approximate surface area is 111 Å². The first-order valence-corrected chi connectivity index (χ1v) is 6.75. The minimum Gasteiger partial charge on any atom is -0.481 e. The summed E-state index contributed by atoms with van der Waals surface area (Å²) in [4.78, 5) is 10.2. The third kappa shape index (κ3) is 24.4. The van der Waals surface area contributed by atoms with Gasteiger partial charge in [-0.1, -0.05) is 31.8 Å². The number of carbonyl (C=O) groups is 1. The Balaban J connectivity index is 0. The van der Waals surface area contributed by atoms with E-state index < -0.39 is 5.97 Å². The zero-order chi connectivity index (χ0) is 14.2. The molecule has 108 valence electrons. The lowest BCUT2D eigenvalue weighted by atomic mass is 10.1. The fraction of sp³-hybridized carbons (Fsp3) is 0.786. The molecule has 18 heavy (non-hydrogen) atoms. The lowest BCUT2D eigenvalue weighted by molar-refractivity contribution is -0.137. The van der Waals surface area contributed by atoms with E-state index in [0.29, 0.717) is 13.0 Å². The van der Waals surface area contributed by atoms with Gasteiger partial charge in [-0.2, -0.15) is 0 Å². The molecule has 4 heteroatoms. The topological polar surface area (TPSA) is 83.5 Å². The van der Waals surface area contributed by atoms with Crippen LogP contribution in [0.1, 0.15) is 58.3 Å². The lowest BCUT2D eigenvalue weighted by Crippen LogP contribution is -2.14. The molecule has 0 rings (SSSR count). The van der Waals surface area contributed by atoms with Crippen molar-refractivity contribution in [2.24, 2.45) is 5.73 Å². The number of hydrogen-bond acceptors (Lipinski definition) is 3. The number of carboxylic acids is 1. The Morgan fingerprint density at radius 1 is 1.22 bits per heavy atom. The second-order valence-corrected chi connectivity index (χ2v) is 4.43. The van der Waals surface area contributed by atoms with Crippen LogP contribution < -0.4 is 5.73 Å². The van der Waals surface area contributed by atoms with Crippen LogP contribution in [0.2, 0.25) is 0 Å². The first kappa shape index (κ1) is 19.5. The van der Waals surface area contributed by atoms with Gasteiger partial charge in [0, 0.05) is 13.0 Å². The highest BCUT2D eigenvalue weighted by atomic mass is 16.4. The maximum atomic E-state index is 10.2. The van der Waals surface area contributed by atoms with Crippen LogP contribution in [0.15, 0.2) is 12.7 Å². The van der Waals surface area contributed by atoms with Crippen molar-refractivity contribution in [1.29, 1.82) is 0 Å². The molecule has 0 radical (unpaired) electrons. The molecular formula is C14H29NO3. The van der Waals surface area contributed by atoms with Gasteiger partial charge in [-0.25, -0.2) is 0 Å². The molecular weight excluding hydrogens is 230 g/mol. The third-order valence-corrected chi connectivity index (χ3v) is 2.39. The average Bonchev–Trinajstić information content (AvgIpc) is 2.33. The smallest absolute Gasteiger partial charge is 0.303 e. The first-order chi connectivity index (χ1) is 8.54. The minimum atomic E-state index is -0.674. The predicted molar refractivity (Wildman–Crippen MR) is 75.5 cm³/mol. The van der Waals surface area contributed by atoms with E-state index in [1.807, 2.05) is 6.08 Å². The maximum Gasteiger partial charge on any atom is 0.303 e. The first-order valence-electron chi connectivity index (χ1n) is 6.75. The number of carboxylic acid groups (broad SMARTS) is 1. The normalized spacial score (nSPS) is 11.3. The quantitative estimate of drug-likeness (QED) is 0.416. The second-order valence-electron chi connectivity index (χ2n) is 4.43. The molecule has 0 aromatic rings. The van der Waals surface area contributed by atoms with Gasteiger partial charge in [0.15, 0.2) is 0 Å². The summed E-state index contributed by atoms with van der Waals surface area (Å²) in [5.74, 6) is -0.674. The monoisotopic (exact) mass is 259 g/mol. The van der Waals surface area contributed by atoms with Crippen LogP contribution in [-0.2, 0) is 4.79 Å². The number of aliphatic hydroxyl groups excluding tert-OH is 1. The van der Waals surface area contributed by atoms with Crippen molar-refractivity contribution in [2.45, 2.75) is 64.4 Å². The fourth-order valence-corrected chi connectivity index (χ4v) is 1.27. The highest BCUT2D eigenvalue weighted by Gasteiger charge is 1.95. The van der Waals surface area contributed by atoms with E-state index in [-0.39, 0.29) is 6.10 Å². The van der Waals surface area contributed by atoms with Crippen LogP contribution in [0.5, 0.6) is 0 Å². The van der Waals surface area contributed by atoms with Crippen molar-refractivity contribution < 1.29 is 15.0 Å². The van der Waals surface area contributed by atoms with Gasteiger partial charge in [-0.3, -0.25) is 4.79 Å². The molecule has 1 unspecified atom stereocenters. The van der Waals surface area contributed by atoms with Gasteiger partial charge in [0.25, 0.3) is 0 Å². The SMILES string of the molecule is C=CCCCCCCCCC(=O)O.CC(O)CN. The molecule has 0 saturated heterocycles. The number of rotatable bonds is 10. The van der Waals surface area contributed by atoms with E-state index in [1.165, 1.54) is 25.7 Å². The van der Waals surface area contributed by atoms with Crippen LogP contribution in [-0.4, -0.2) is 28.8 Å². The third-order valence-electron chi connectivity index (χ3n) is 2.39. The van der Waals surface area contributed by atoms with Crippen LogP contribution in [0.3, 0.4) is 0 Å². The highest BCUT2D eigenvalue weighted by molar-refractivity contribution is 5.66. The van der Waals surface area contributed by atoms with E-state index in [4.69, 9.17) is 15.9 Å². The Morgan fingerprint density at radius 2 is 1.67 bits per heavy atom. The summed E-state index contributed by atoms with van der Waals surface area (Å²) in [6.45, 7) is 5.68. The number of aliphatic hydroxyl groups is 1. The standard InChI is InChI=1S/C11H20O2.C3H9NO/c1-2-3-4-5-6-7-8-9-10-11(12)13;1-3(5)2-4/h2H,1,3-10H2,(H,12,13);3,5H,2,4H2,1H3. The molecule has 0 spiro atoms. The van der Waals surface area contributed by atoms with Crippen LogP contribution in [0.4, 0.5) is 0 Å². The molecule has 0 aromatic carbocycles. The Morgan fingerprint density at radius 3 is 2.06 bits per heavy atom. The summed E-state index contributed by atoms with van der Waals surface area (Å²) in [5, 5.41) is 16.6. The number of nitrogens with two attached hydrogens (primary N) is 1. The molecule has 0 aromatic heterocycles. The van der Waals surface area contributed by atoms with E-state index in [1.54, 1.807) is 6.92 Å². The van der Waals surface area contributed by atoms with Crippen LogP contribution in [0.25, 0.3) is 0 Å². The van der Waals surface area contributed by atoms with Crippen molar-refractivity contribution >= 4 is 5.97 Å². The second kappa shape index (κ2) is 16.1. The minimum absolute atomic E-state index is 0.326. The molecule has 4 N–H and O–H groups in total. The summed E-state index contributed by atoms with van der Waals surface area (Å²) in [5.41, 5.74) is 4.92. The molecule has 0 aliphatic carbocycles. The fourth-order valence-electron chi connectivity index (χ4n) is 1.27. The molecule has 0 amide bonds. The Kier molecular flexibility index (Phi) is 17.4. The van der Waals surface area contributed by atoms with Gasteiger partial charge in [-0.05, 0) is 26.2 Å². The molecule has 0 fully saturated rings. The van der Waals surface area contributed by atoms with E-state index >= 15 is 0 Å². The zero-order valence-corrected chi connectivity index (χ0v) is 11.6. The largest absolute Gasteiger partial charge is 0.481 e. The number of unbranched alkanes of at least 4 members (excludes halogenated alkanes) is 6.